The number of carboxylic acid groups (broad SMARTS) is 1. The van der Waals surface area contributed by atoms with E-state index >= 15 is 0 Å². The van der Waals surface area contributed by atoms with Gasteiger partial charge >= 0.3 is 5.97 Å². The molecule has 1 rings (SSSR count). The van der Waals surface area contributed by atoms with Crippen molar-refractivity contribution in [1.82, 2.24) is 0 Å². The van der Waals surface area contributed by atoms with Crippen LogP contribution in [-0.2, 0) is 11.2 Å². The molecule has 1 aromatic carbocycles. The predicted octanol–water partition coefficient (Wildman–Crippen LogP) is 1.41. The van der Waals surface area contributed by atoms with Crippen LogP contribution in [0.15, 0.2) is 22.7 Å². The van der Waals surface area contributed by atoms with E-state index in [1.807, 2.05) is 6.07 Å². The maximum atomic E-state index is 10.6. The Balaban J connectivity index is 2.79. The lowest BCUT2D eigenvalue weighted by atomic mass is 10.1. The number of ether oxygens (including phenoxy) is 1. The van der Waals surface area contributed by atoms with Crippen molar-refractivity contribution in [3.05, 3.63) is 28.2 Å². The Morgan fingerprint density at radius 1 is 1.67 bits per heavy atom. The molecule has 0 bridgehead atoms. The van der Waals surface area contributed by atoms with Gasteiger partial charge in [-0.3, -0.25) is 4.79 Å². The summed E-state index contributed by atoms with van der Waals surface area (Å²) in [6, 6.07) is 4.51. The minimum absolute atomic E-state index is 0.303. The SMILES string of the molecule is COc1ccc(C[C@@H](N)C(=O)O)cc1Br. The van der Waals surface area contributed by atoms with E-state index in [1.54, 1.807) is 19.2 Å². The largest absolute Gasteiger partial charge is 0.496 e. The highest BCUT2D eigenvalue weighted by atomic mass is 79.9. The van der Waals surface area contributed by atoms with Gasteiger partial charge in [0.25, 0.3) is 0 Å². The Morgan fingerprint density at radius 2 is 2.33 bits per heavy atom. The van der Waals surface area contributed by atoms with Gasteiger partial charge in [0.2, 0.25) is 0 Å². The fourth-order valence-corrected chi connectivity index (χ4v) is 1.77. The molecule has 5 heteroatoms. The van der Waals surface area contributed by atoms with Gasteiger partial charge in [0.1, 0.15) is 11.8 Å². The van der Waals surface area contributed by atoms with Gasteiger partial charge in [0.15, 0.2) is 0 Å². The Kier molecular flexibility index (Phi) is 4.11. The number of aliphatic carboxylic acids is 1. The van der Waals surface area contributed by atoms with Crippen LogP contribution in [0.4, 0.5) is 0 Å². The second-order valence-corrected chi connectivity index (χ2v) is 3.97. The monoisotopic (exact) mass is 273 g/mol. The molecule has 0 aromatic heterocycles. The lowest BCUT2D eigenvalue weighted by Gasteiger charge is -2.08. The molecule has 0 fully saturated rings. The molecule has 0 aliphatic rings. The summed E-state index contributed by atoms with van der Waals surface area (Å²) >= 11 is 3.32. The van der Waals surface area contributed by atoms with E-state index in [4.69, 9.17) is 15.6 Å². The summed E-state index contributed by atoms with van der Waals surface area (Å²) in [5, 5.41) is 8.65. The van der Waals surface area contributed by atoms with Gasteiger partial charge < -0.3 is 15.6 Å². The minimum atomic E-state index is -0.998. The number of rotatable bonds is 4. The van der Waals surface area contributed by atoms with Crippen LogP contribution in [0.3, 0.4) is 0 Å². The van der Waals surface area contributed by atoms with E-state index in [9.17, 15) is 4.79 Å². The predicted molar refractivity (Wildman–Crippen MR) is 60.0 cm³/mol. The van der Waals surface area contributed by atoms with E-state index in [1.165, 1.54) is 0 Å². The third-order valence-electron chi connectivity index (χ3n) is 1.99. The first-order valence-corrected chi connectivity index (χ1v) is 5.14. The van der Waals surface area contributed by atoms with Crippen molar-refractivity contribution in [1.29, 1.82) is 0 Å². The molecule has 0 aliphatic carbocycles. The van der Waals surface area contributed by atoms with E-state index < -0.39 is 12.0 Å². The van der Waals surface area contributed by atoms with Gasteiger partial charge in [-0.15, -0.1) is 0 Å². The highest BCUT2D eigenvalue weighted by Gasteiger charge is 2.12. The molecule has 3 N–H and O–H groups in total. The van der Waals surface area contributed by atoms with Crippen LogP contribution in [0.2, 0.25) is 0 Å². The average molecular weight is 274 g/mol. The third kappa shape index (κ3) is 3.21. The molecule has 0 heterocycles. The zero-order valence-electron chi connectivity index (χ0n) is 8.24. The molecular weight excluding hydrogens is 262 g/mol. The zero-order valence-corrected chi connectivity index (χ0v) is 9.82. The van der Waals surface area contributed by atoms with Crippen molar-refractivity contribution in [2.75, 3.05) is 7.11 Å². The van der Waals surface area contributed by atoms with Crippen molar-refractivity contribution in [2.24, 2.45) is 5.73 Å². The van der Waals surface area contributed by atoms with Gasteiger partial charge in [-0.2, -0.15) is 0 Å². The zero-order chi connectivity index (χ0) is 11.4. The number of hydrogen-bond donors (Lipinski definition) is 2. The van der Waals surface area contributed by atoms with Crippen LogP contribution in [0.5, 0.6) is 5.75 Å². The quantitative estimate of drug-likeness (QED) is 0.870. The molecule has 82 valence electrons. The number of hydrogen-bond acceptors (Lipinski definition) is 3. The van der Waals surface area contributed by atoms with Crippen molar-refractivity contribution in [2.45, 2.75) is 12.5 Å². The van der Waals surface area contributed by atoms with Crippen molar-refractivity contribution in [3.8, 4) is 5.75 Å². The van der Waals surface area contributed by atoms with Crippen LogP contribution in [0.25, 0.3) is 0 Å². The van der Waals surface area contributed by atoms with Crippen LogP contribution >= 0.6 is 15.9 Å². The third-order valence-corrected chi connectivity index (χ3v) is 2.61. The van der Waals surface area contributed by atoms with Crippen LogP contribution in [0.1, 0.15) is 5.56 Å². The molecule has 0 saturated carbocycles. The van der Waals surface area contributed by atoms with Crippen molar-refractivity contribution < 1.29 is 14.6 Å². The Hall–Kier alpha value is -1.07. The van der Waals surface area contributed by atoms with Gasteiger partial charge in [-0.05, 0) is 40.0 Å². The van der Waals surface area contributed by atoms with Gasteiger partial charge in [-0.1, -0.05) is 6.07 Å². The van der Waals surface area contributed by atoms with E-state index in [-0.39, 0.29) is 0 Å². The van der Waals surface area contributed by atoms with Crippen LogP contribution < -0.4 is 10.5 Å². The summed E-state index contributed by atoms with van der Waals surface area (Å²) in [4.78, 5) is 10.6. The molecule has 0 amide bonds. The number of nitrogens with two attached hydrogens (primary N) is 1. The summed E-state index contributed by atoms with van der Waals surface area (Å²) in [5.74, 6) is -0.287. The molecule has 1 aromatic rings. The van der Waals surface area contributed by atoms with Crippen molar-refractivity contribution in [3.63, 3.8) is 0 Å². The Bertz CT molecular complexity index is 368. The fraction of sp³-hybridized carbons (Fsp3) is 0.300. The Labute approximate surface area is 96.2 Å². The second-order valence-electron chi connectivity index (χ2n) is 3.12. The van der Waals surface area contributed by atoms with E-state index in [0.29, 0.717) is 12.2 Å². The lowest BCUT2D eigenvalue weighted by molar-refractivity contribution is -0.138. The van der Waals surface area contributed by atoms with Crippen LogP contribution in [-0.4, -0.2) is 24.2 Å². The molecule has 0 unspecified atom stereocenters. The first-order valence-electron chi connectivity index (χ1n) is 4.35. The van der Waals surface area contributed by atoms with Crippen LogP contribution in [0, 0.1) is 0 Å². The highest BCUT2D eigenvalue weighted by Crippen LogP contribution is 2.25. The summed E-state index contributed by atoms with van der Waals surface area (Å²) < 4.78 is 5.85. The fourth-order valence-electron chi connectivity index (χ4n) is 1.18. The smallest absolute Gasteiger partial charge is 0.320 e. The number of carbonyl (C=O) groups is 1. The lowest BCUT2D eigenvalue weighted by Crippen LogP contribution is -2.32. The normalized spacial score (nSPS) is 12.2. The molecule has 15 heavy (non-hydrogen) atoms. The summed E-state index contributed by atoms with van der Waals surface area (Å²) in [6.45, 7) is 0. The second kappa shape index (κ2) is 5.14. The molecule has 0 spiro atoms. The first-order chi connectivity index (χ1) is 7.04. The standard InChI is InChI=1S/C10H12BrNO3/c1-15-9-3-2-6(4-7(9)11)5-8(12)10(13)14/h2-4,8H,5,12H2,1H3,(H,13,14)/t8-/m1/s1. The number of halogens is 1. The first kappa shape index (κ1) is 12.0. The summed E-state index contributed by atoms with van der Waals surface area (Å²) in [7, 11) is 1.57. The molecule has 1 atom stereocenters. The number of methoxy groups -OCH3 is 1. The van der Waals surface area contributed by atoms with E-state index in [2.05, 4.69) is 15.9 Å². The number of benzene rings is 1. The molecule has 0 radical (unpaired) electrons. The highest BCUT2D eigenvalue weighted by molar-refractivity contribution is 9.10. The molecule has 0 aliphatic heterocycles. The Morgan fingerprint density at radius 3 is 2.80 bits per heavy atom. The maximum Gasteiger partial charge on any atom is 0.320 e. The molecule has 0 saturated heterocycles. The minimum Gasteiger partial charge on any atom is -0.496 e. The topological polar surface area (TPSA) is 72.5 Å². The summed E-state index contributed by atoms with van der Waals surface area (Å²) in [5.41, 5.74) is 6.28. The molecule has 4 nitrogen and oxygen atoms in total. The summed E-state index contributed by atoms with van der Waals surface area (Å²) in [6.07, 6.45) is 0.303. The van der Waals surface area contributed by atoms with Gasteiger partial charge in [0, 0.05) is 0 Å². The molecular formula is C10H12BrNO3. The van der Waals surface area contributed by atoms with Gasteiger partial charge in [-0.25, -0.2) is 0 Å². The number of carboxylic acids is 1. The van der Waals surface area contributed by atoms with E-state index in [0.717, 1.165) is 10.0 Å². The average Bonchev–Trinajstić information content (AvgIpc) is 2.18. The van der Waals surface area contributed by atoms with Crippen molar-refractivity contribution >= 4 is 21.9 Å². The maximum absolute atomic E-state index is 10.6. The van der Waals surface area contributed by atoms with Gasteiger partial charge in [0.05, 0.1) is 11.6 Å².